The van der Waals surface area contributed by atoms with E-state index in [9.17, 15) is 13.2 Å². The van der Waals surface area contributed by atoms with Crippen LogP contribution < -0.4 is 9.62 Å². The molecule has 1 N–H and O–H groups in total. The first-order valence-corrected chi connectivity index (χ1v) is 10.4. The third kappa shape index (κ3) is 4.64. The third-order valence-corrected chi connectivity index (χ3v) is 5.54. The number of carbonyl (C=O) groups excluding carboxylic acids is 1. The van der Waals surface area contributed by atoms with Crippen LogP contribution >= 0.6 is 0 Å². The van der Waals surface area contributed by atoms with E-state index < -0.39 is 16.1 Å². The van der Waals surface area contributed by atoms with Crippen molar-refractivity contribution in [2.24, 2.45) is 0 Å². The highest BCUT2D eigenvalue weighted by molar-refractivity contribution is 7.92. The molecular weight excluding hydrogens is 348 g/mol. The van der Waals surface area contributed by atoms with Gasteiger partial charge in [0.2, 0.25) is 15.9 Å². The van der Waals surface area contributed by atoms with Crippen molar-refractivity contribution in [2.45, 2.75) is 40.2 Å². The van der Waals surface area contributed by atoms with Crippen molar-refractivity contribution >= 4 is 27.3 Å². The molecule has 2 aromatic carbocycles. The molecule has 0 bridgehead atoms. The van der Waals surface area contributed by atoms with Crippen LogP contribution in [-0.4, -0.2) is 26.6 Å². The minimum Gasteiger partial charge on any atom is -0.324 e. The van der Waals surface area contributed by atoms with Crippen molar-refractivity contribution in [3.8, 4) is 0 Å². The first-order valence-electron chi connectivity index (χ1n) is 8.57. The molecule has 0 aliphatic rings. The molecule has 26 heavy (non-hydrogen) atoms. The number of sulfonamides is 1. The number of hydrogen-bond donors (Lipinski definition) is 1. The lowest BCUT2D eigenvalue weighted by molar-refractivity contribution is -0.117. The van der Waals surface area contributed by atoms with Gasteiger partial charge < -0.3 is 5.32 Å². The summed E-state index contributed by atoms with van der Waals surface area (Å²) in [5.74, 6) is -0.346. The Bertz CT molecular complexity index is 907. The van der Waals surface area contributed by atoms with E-state index in [-0.39, 0.29) is 5.91 Å². The number of amides is 1. The van der Waals surface area contributed by atoms with E-state index in [1.807, 2.05) is 45.0 Å². The quantitative estimate of drug-likeness (QED) is 0.836. The predicted molar refractivity (Wildman–Crippen MR) is 107 cm³/mol. The Morgan fingerprint density at radius 2 is 1.77 bits per heavy atom. The van der Waals surface area contributed by atoms with Crippen molar-refractivity contribution in [1.82, 2.24) is 0 Å². The van der Waals surface area contributed by atoms with Crippen LogP contribution in [-0.2, 0) is 14.8 Å². The van der Waals surface area contributed by atoms with Gasteiger partial charge in [0.05, 0.1) is 11.9 Å². The predicted octanol–water partition coefficient (Wildman–Crippen LogP) is 3.80. The van der Waals surface area contributed by atoms with Gasteiger partial charge in [0.15, 0.2) is 0 Å². The number of nitrogens with zero attached hydrogens (tertiary/aromatic N) is 1. The second-order valence-corrected chi connectivity index (χ2v) is 8.47. The van der Waals surface area contributed by atoms with Gasteiger partial charge in [-0.3, -0.25) is 9.10 Å². The Morgan fingerprint density at radius 1 is 1.08 bits per heavy atom. The van der Waals surface area contributed by atoms with Crippen LogP contribution in [0, 0.1) is 20.8 Å². The molecule has 0 aromatic heterocycles. The van der Waals surface area contributed by atoms with Crippen LogP contribution in [0.15, 0.2) is 42.5 Å². The van der Waals surface area contributed by atoms with Gasteiger partial charge in [-0.25, -0.2) is 8.42 Å². The lowest BCUT2D eigenvalue weighted by atomic mass is 10.1. The average molecular weight is 375 g/mol. The monoisotopic (exact) mass is 374 g/mol. The van der Waals surface area contributed by atoms with Crippen LogP contribution in [0.4, 0.5) is 11.4 Å². The molecule has 2 rings (SSSR count). The summed E-state index contributed by atoms with van der Waals surface area (Å²) in [5.41, 5.74) is 4.22. The maximum absolute atomic E-state index is 12.9. The van der Waals surface area contributed by atoms with E-state index in [1.54, 1.807) is 25.1 Å². The Labute approximate surface area is 156 Å². The minimum atomic E-state index is -3.63. The van der Waals surface area contributed by atoms with Crippen molar-refractivity contribution in [3.05, 3.63) is 59.2 Å². The van der Waals surface area contributed by atoms with Gasteiger partial charge >= 0.3 is 0 Å². The van der Waals surface area contributed by atoms with E-state index in [1.165, 1.54) is 4.31 Å². The lowest BCUT2D eigenvalue weighted by Crippen LogP contribution is -2.47. The summed E-state index contributed by atoms with van der Waals surface area (Å²) in [4.78, 5) is 12.9. The zero-order chi connectivity index (χ0) is 19.5. The zero-order valence-corrected chi connectivity index (χ0v) is 16.7. The zero-order valence-electron chi connectivity index (χ0n) is 15.9. The first-order chi connectivity index (χ1) is 12.1. The van der Waals surface area contributed by atoms with Crippen LogP contribution in [0.2, 0.25) is 0 Å². The highest BCUT2D eigenvalue weighted by atomic mass is 32.2. The van der Waals surface area contributed by atoms with Crippen molar-refractivity contribution in [1.29, 1.82) is 0 Å². The van der Waals surface area contributed by atoms with Gasteiger partial charge in [-0.15, -0.1) is 0 Å². The van der Waals surface area contributed by atoms with E-state index in [0.29, 0.717) is 17.8 Å². The number of rotatable bonds is 6. The van der Waals surface area contributed by atoms with E-state index >= 15 is 0 Å². The molecule has 5 nitrogen and oxygen atoms in total. The smallest absolute Gasteiger partial charge is 0.248 e. The Morgan fingerprint density at radius 3 is 2.31 bits per heavy atom. The summed E-state index contributed by atoms with van der Waals surface area (Å²) >= 11 is 0. The molecule has 0 radical (unpaired) electrons. The molecule has 1 atom stereocenters. The topological polar surface area (TPSA) is 66.5 Å². The second kappa shape index (κ2) is 7.91. The third-order valence-electron chi connectivity index (χ3n) is 4.36. The highest BCUT2D eigenvalue weighted by Gasteiger charge is 2.31. The summed E-state index contributed by atoms with van der Waals surface area (Å²) in [6.45, 7) is 7.63. The summed E-state index contributed by atoms with van der Waals surface area (Å²) in [6.07, 6.45) is 1.49. The molecule has 0 spiro atoms. The van der Waals surface area contributed by atoms with Gasteiger partial charge in [0, 0.05) is 5.69 Å². The summed E-state index contributed by atoms with van der Waals surface area (Å²) < 4.78 is 26.2. The summed E-state index contributed by atoms with van der Waals surface area (Å²) in [6, 6.07) is 12.0. The van der Waals surface area contributed by atoms with Gasteiger partial charge in [-0.2, -0.15) is 0 Å². The van der Waals surface area contributed by atoms with Gasteiger partial charge in [-0.05, 0) is 68.1 Å². The van der Waals surface area contributed by atoms with Crippen LogP contribution in [0.1, 0.15) is 30.0 Å². The number of aryl methyl sites for hydroxylation is 3. The number of nitrogens with one attached hydrogen (secondary N) is 1. The standard InChI is InChI=1S/C20H26N2O3S/c1-6-19(20(23)21-17-9-7-8-14(2)12-17)22(26(5,24)25)18-11-10-15(3)16(4)13-18/h7-13,19H,6H2,1-5H3,(H,21,23)/t19-/m0/s1. The molecule has 0 heterocycles. The van der Waals surface area contributed by atoms with Crippen LogP contribution in [0.25, 0.3) is 0 Å². The second-order valence-electron chi connectivity index (χ2n) is 6.61. The van der Waals surface area contributed by atoms with E-state index in [0.717, 1.165) is 22.9 Å². The molecule has 0 unspecified atom stereocenters. The van der Waals surface area contributed by atoms with Crippen molar-refractivity contribution in [3.63, 3.8) is 0 Å². The van der Waals surface area contributed by atoms with E-state index in [2.05, 4.69) is 5.32 Å². The molecule has 0 saturated carbocycles. The minimum absolute atomic E-state index is 0.346. The molecule has 2 aromatic rings. The van der Waals surface area contributed by atoms with Crippen LogP contribution in [0.3, 0.4) is 0 Å². The fraction of sp³-hybridized carbons (Fsp3) is 0.350. The number of anilines is 2. The molecule has 0 fully saturated rings. The van der Waals surface area contributed by atoms with Gasteiger partial charge in [0.25, 0.3) is 0 Å². The average Bonchev–Trinajstić information content (AvgIpc) is 2.54. The Kier molecular flexibility index (Phi) is 6.08. The summed E-state index contributed by atoms with van der Waals surface area (Å²) in [5, 5.41) is 2.84. The fourth-order valence-electron chi connectivity index (χ4n) is 2.87. The van der Waals surface area contributed by atoms with Crippen molar-refractivity contribution < 1.29 is 13.2 Å². The molecule has 0 aliphatic heterocycles. The molecule has 1 amide bonds. The SMILES string of the molecule is CC[C@@H](C(=O)Nc1cccc(C)c1)N(c1ccc(C)c(C)c1)S(C)(=O)=O. The summed E-state index contributed by atoms with van der Waals surface area (Å²) in [7, 11) is -3.63. The Hall–Kier alpha value is -2.34. The normalized spacial score (nSPS) is 12.5. The van der Waals surface area contributed by atoms with Gasteiger partial charge in [-0.1, -0.05) is 25.1 Å². The van der Waals surface area contributed by atoms with E-state index in [4.69, 9.17) is 0 Å². The maximum atomic E-state index is 12.9. The molecular formula is C20H26N2O3S. The first kappa shape index (κ1) is 20.0. The van der Waals surface area contributed by atoms with Crippen LogP contribution in [0.5, 0.6) is 0 Å². The highest BCUT2D eigenvalue weighted by Crippen LogP contribution is 2.25. The Balaban J connectivity index is 2.40. The molecule has 140 valence electrons. The molecule has 0 aliphatic carbocycles. The maximum Gasteiger partial charge on any atom is 0.248 e. The number of carbonyl (C=O) groups is 1. The molecule has 6 heteroatoms. The van der Waals surface area contributed by atoms with Gasteiger partial charge in [0.1, 0.15) is 6.04 Å². The van der Waals surface area contributed by atoms with Crippen molar-refractivity contribution in [2.75, 3.05) is 15.9 Å². The lowest BCUT2D eigenvalue weighted by Gasteiger charge is -2.30. The fourth-order valence-corrected chi connectivity index (χ4v) is 4.07. The largest absolute Gasteiger partial charge is 0.324 e. The molecule has 0 saturated heterocycles. The number of hydrogen-bond acceptors (Lipinski definition) is 3. The number of benzene rings is 2.